The lowest BCUT2D eigenvalue weighted by Crippen LogP contribution is -2.10. The maximum absolute atomic E-state index is 5.19. The fourth-order valence-corrected chi connectivity index (χ4v) is 2.38. The van der Waals surface area contributed by atoms with E-state index >= 15 is 0 Å². The Hall–Kier alpha value is -1.36. The molecule has 5 heteroatoms. The van der Waals surface area contributed by atoms with Gasteiger partial charge < -0.3 is 9.84 Å². The van der Waals surface area contributed by atoms with Crippen molar-refractivity contribution in [2.45, 2.75) is 33.7 Å². The van der Waals surface area contributed by atoms with E-state index in [1.165, 1.54) is 0 Å². The average molecular weight is 310 g/mol. The molecular weight excluding hydrogens is 294 g/mol. The number of nitrogens with zero attached hydrogens (tertiary/aromatic N) is 2. The van der Waals surface area contributed by atoms with Gasteiger partial charge >= 0.3 is 0 Å². The van der Waals surface area contributed by atoms with Crippen LogP contribution in [0.4, 0.5) is 5.82 Å². The molecule has 1 atom stereocenters. The molecular formula is C13H16BrN3O. The highest BCUT2D eigenvalue weighted by Gasteiger charge is 2.17. The largest absolute Gasteiger partial charge is 0.362 e. The lowest BCUT2D eigenvalue weighted by Gasteiger charge is -2.16. The van der Waals surface area contributed by atoms with Gasteiger partial charge in [0.2, 0.25) is 0 Å². The Morgan fingerprint density at radius 3 is 2.67 bits per heavy atom. The summed E-state index contributed by atoms with van der Waals surface area (Å²) in [6.45, 7) is 7.98. The van der Waals surface area contributed by atoms with Crippen molar-refractivity contribution in [2.24, 2.45) is 0 Å². The molecule has 0 aromatic carbocycles. The predicted molar refractivity (Wildman–Crippen MR) is 74.7 cm³/mol. The standard InChI is InChI=1S/C13H16BrN3O/c1-7-5-6-15-13(12(7)14)16-8(2)11-9(3)17-18-10(11)4/h5-6,8H,1-4H3,(H,15,16). The van der Waals surface area contributed by atoms with Crippen LogP contribution in [-0.2, 0) is 0 Å². The third-order valence-corrected chi connectivity index (χ3v) is 3.96. The third-order valence-electron chi connectivity index (χ3n) is 2.96. The first-order valence-corrected chi connectivity index (χ1v) is 6.60. The van der Waals surface area contributed by atoms with Crippen LogP contribution in [0.25, 0.3) is 0 Å². The second-order valence-corrected chi connectivity index (χ2v) is 5.19. The van der Waals surface area contributed by atoms with E-state index in [1.54, 1.807) is 6.20 Å². The van der Waals surface area contributed by atoms with Crippen molar-refractivity contribution in [1.82, 2.24) is 10.1 Å². The maximum atomic E-state index is 5.19. The average Bonchev–Trinajstić information content (AvgIpc) is 2.65. The summed E-state index contributed by atoms with van der Waals surface area (Å²) in [5, 5.41) is 7.35. The van der Waals surface area contributed by atoms with E-state index in [0.717, 1.165) is 32.9 Å². The summed E-state index contributed by atoms with van der Waals surface area (Å²) in [5.41, 5.74) is 3.15. The van der Waals surface area contributed by atoms with Crippen LogP contribution in [0.5, 0.6) is 0 Å². The normalized spacial score (nSPS) is 12.5. The molecule has 4 nitrogen and oxygen atoms in total. The van der Waals surface area contributed by atoms with Gasteiger partial charge in [0, 0.05) is 11.8 Å². The van der Waals surface area contributed by atoms with Crippen molar-refractivity contribution < 1.29 is 4.52 Å². The number of hydrogen-bond acceptors (Lipinski definition) is 4. The highest BCUT2D eigenvalue weighted by molar-refractivity contribution is 9.10. The summed E-state index contributed by atoms with van der Waals surface area (Å²) in [6.07, 6.45) is 1.79. The zero-order valence-corrected chi connectivity index (χ0v) is 12.5. The number of nitrogens with one attached hydrogen (secondary N) is 1. The van der Waals surface area contributed by atoms with E-state index in [9.17, 15) is 0 Å². The second-order valence-electron chi connectivity index (χ2n) is 4.39. The van der Waals surface area contributed by atoms with Gasteiger partial charge in [0.25, 0.3) is 0 Å². The molecule has 0 saturated heterocycles. The molecule has 0 radical (unpaired) electrons. The SMILES string of the molecule is Cc1ccnc(NC(C)c2c(C)noc2C)c1Br. The molecule has 0 aliphatic heterocycles. The van der Waals surface area contributed by atoms with Gasteiger partial charge in [-0.3, -0.25) is 0 Å². The van der Waals surface area contributed by atoms with Crippen molar-refractivity contribution >= 4 is 21.7 Å². The number of anilines is 1. The molecule has 0 aliphatic carbocycles. The Labute approximate surface area is 115 Å². The Morgan fingerprint density at radius 1 is 1.33 bits per heavy atom. The minimum absolute atomic E-state index is 0.0989. The van der Waals surface area contributed by atoms with Gasteiger partial charge in [0.15, 0.2) is 0 Å². The molecule has 2 aromatic heterocycles. The molecule has 0 fully saturated rings. The number of halogens is 1. The van der Waals surface area contributed by atoms with Crippen molar-refractivity contribution in [3.63, 3.8) is 0 Å². The van der Waals surface area contributed by atoms with Crippen molar-refractivity contribution in [2.75, 3.05) is 5.32 Å². The van der Waals surface area contributed by atoms with Gasteiger partial charge in [-0.1, -0.05) is 5.16 Å². The van der Waals surface area contributed by atoms with E-state index in [2.05, 4.69) is 38.3 Å². The van der Waals surface area contributed by atoms with Crippen LogP contribution < -0.4 is 5.32 Å². The fraction of sp³-hybridized carbons (Fsp3) is 0.385. The van der Waals surface area contributed by atoms with Gasteiger partial charge in [-0.25, -0.2) is 4.98 Å². The molecule has 2 heterocycles. The van der Waals surface area contributed by atoms with Crippen LogP contribution in [0.2, 0.25) is 0 Å². The lowest BCUT2D eigenvalue weighted by molar-refractivity contribution is 0.392. The number of aromatic nitrogens is 2. The smallest absolute Gasteiger partial charge is 0.141 e. The molecule has 0 saturated carbocycles. The topological polar surface area (TPSA) is 51.0 Å². The molecule has 96 valence electrons. The first kappa shape index (κ1) is 13.1. The molecule has 0 amide bonds. The molecule has 0 bridgehead atoms. The Kier molecular flexibility index (Phi) is 3.71. The predicted octanol–water partition coefficient (Wildman–Crippen LogP) is 3.93. The lowest BCUT2D eigenvalue weighted by atomic mass is 10.1. The van der Waals surface area contributed by atoms with Crippen LogP contribution >= 0.6 is 15.9 Å². The summed E-state index contributed by atoms with van der Waals surface area (Å²) in [7, 11) is 0. The zero-order valence-electron chi connectivity index (χ0n) is 10.9. The first-order valence-electron chi connectivity index (χ1n) is 5.81. The van der Waals surface area contributed by atoms with Gasteiger partial charge in [-0.2, -0.15) is 0 Å². The van der Waals surface area contributed by atoms with E-state index < -0.39 is 0 Å². The van der Waals surface area contributed by atoms with E-state index in [0.29, 0.717) is 0 Å². The summed E-state index contributed by atoms with van der Waals surface area (Å²) >= 11 is 3.54. The Morgan fingerprint density at radius 2 is 2.06 bits per heavy atom. The second kappa shape index (κ2) is 5.10. The van der Waals surface area contributed by atoms with E-state index in [1.807, 2.05) is 26.8 Å². The first-order chi connectivity index (χ1) is 8.50. The van der Waals surface area contributed by atoms with Crippen LogP contribution in [0.15, 0.2) is 21.3 Å². The van der Waals surface area contributed by atoms with Gasteiger partial charge in [-0.15, -0.1) is 0 Å². The minimum Gasteiger partial charge on any atom is -0.362 e. The Balaban J connectivity index is 2.27. The molecule has 0 spiro atoms. The van der Waals surface area contributed by atoms with Crippen molar-refractivity contribution in [1.29, 1.82) is 0 Å². The molecule has 2 aromatic rings. The van der Waals surface area contributed by atoms with E-state index in [-0.39, 0.29) is 6.04 Å². The molecule has 18 heavy (non-hydrogen) atoms. The van der Waals surface area contributed by atoms with Gasteiger partial charge in [0.05, 0.1) is 16.2 Å². The molecule has 2 rings (SSSR count). The summed E-state index contributed by atoms with van der Waals surface area (Å²) in [6, 6.07) is 2.07. The number of rotatable bonds is 3. The van der Waals surface area contributed by atoms with Gasteiger partial charge in [-0.05, 0) is 55.3 Å². The number of hydrogen-bond donors (Lipinski definition) is 1. The quantitative estimate of drug-likeness (QED) is 0.933. The summed E-state index contributed by atoms with van der Waals surface area (Å²) in [5.74, 6) is 1.68. The van der Waals surface area contributed by atoms with E-state index in [4.69, 9.17) is 4.52 Å². The Bertz CT molecular complexity index is 546. The highest BCUT2D eigenvalue weighted by Crippen LogP contribution is 2.29. The van der Waals surface area contributed by atoms with Crippen molar-refractivity contribution in [3.05, 3.63) is 39.3 Å². The van der Waals surface area contributed by atoms with Gasteiger partial charge in [0.1, 0.15) is 11.6 Å². The fourth-order valence-electron chi connectivity index (χ4n) is 2.03. The summed E-state index contributed by atoms with van der Waals surface area (Å²) < 4.78 is 6.18. The zero-order chi connectivity index (χ0) is 13.3. The summed E-state index contributed by atoms with van der Waals surface area (Å²) in [4.78, 5) is 4.34. The minimum atomic E-state index is 0.0989. The molecule has 0 aliphatic rings. The maximum Gasteiger partial charge on any atom is 0.141 e. The van der Waals surface area contributed by atoms with Crippen LogP contribution in [-0.4, -0.2) is 10.1 Å². The van der Waals surface area contributed by atoms with Crippen molar-refractivity contribution in [3.8, 4) is 0 Å². The highest BCUT2D eigenvalue weighted by atomic mass is 79.9. The molecule has 1 unspecified atom stereocenters. The number of aryl methyl sites for hydroxylation is 3. The third kappa shape index (κ3) is 2.41. The monoisotopic (exact) mass is 309 g/mol. The van der Waals surface area contributed by atoms with Crippen LogP contribution in [0, 0.1) is 20.8 Å². The molecule has 1 N–H and O–H groups in total. The van der Waals surface area contributed by atoms with Crippen LogP contribution in [0.1, 0.15) is 35.5 Å². The number of pyridine rings is 1. The van der Waals surface area contributed by atoms with Crippen LogP contribution in [0.3, 0.4) is 0 Å².